The average Bonchev–Trinajstić information content (AvgIpc) is 3.20. The first-order valence-electron chi connectivity index (χ1n) is 8.24. The summed E-state index contributed by atoms with van der Waals surface area (Å²) in [7, 11) is 0. The van der Waals surface area contributed by atoms with Gasteiger partial charge in [-0.3, -0.25) is 25.2 Å². The first-order valence-corrected chi connectivity index (χ1v) is 9.49. The van der Waals surface area contributed by atoms with Crippen LogP contribution in [0.5, 0.6) is 0 Å². The molecule has 2 heterocycles. The van der Waals surface area contributed by atoms with Gasteiger partial charge in [0.1, 0.15) is 0 Å². The van der Waals surface area contributed by atoms with Gasteiger partial charge in [0.15, 0.2) is 0 Å². The number of amides is 3. The first-order chi connectivity index (χ1) is 12.6. The number of likely N-dealkylation sites (tertiary alicyclic amines) is 1. The van der Waals surface area contributed by atoms with Gasteiger partial charge in [-0.25, -0.2) is 0 Å². The normalized spacial score (nSPS) is 16.8. The molecule has 0 radical (unpaired) electrons. The van der Waals surface area contributed by atoms with Crippen LogP contribution in [-0.2, 0) is 4.79 Å². The van der Waals surface area contributed by atoms with E-state index in [0.717, 1.165) is 6.42 Å². The molecule has 1 aromatic heterocycles. The number of benzene rings is 1. The fraction of sp³-hybridized carbons (Fsp3) is 0.278. The minimum atomic E-state index is -0.480. The molecule has 8 heteroatoms. The monoisotopic (exact) mass is 391 g/mol. The molecule has 1 saturated heterocycles. The van der Waals surface area contributed by atoms with Gasteiger partial charge in [-0.1, -0.05) is 29.8 Å². The van der Waals surface area contributed by atoms with Crippen molar-refractivity contribution in [1.82, 2.24) is 15.8 Å². The minimum Gasteiger partial charge on any atom is -0.337 e. The second-order valence-corrected chi connectivity index (χ2v) is 7.35. The molecular formula is C18H18ClN3O3S. The third-order valence-electron chi connectivity index (χ3n) is 4.23. The van der Waals surface area contributed by atoms with E-state index in [2.05, 4.69) is 10.9 Å². The maximum absolute atomic E-state index is 12.4. The van der Waals surface area contributed by atoms with Crippen LogP contribution in [0.1, 0.15) is 32.9 Å². The van der Waals surface area contributed by atoms with Crippen LogP contribution in [0, 0.1) is 5.92 Å². The Balaban J connectivity index is 1.55. The molecule has 0 saturated carbocycles. The second kappa shape index (κ2) is 8.33. The van der Waals surface area contributed by atoms with E-state index < -0.39 is 5.91 Å². The van der Waals surface area contributed by atoms with Gasteiger partial charge in [0.25, 0.3) is 11.8 Å². The van der Waals surface area contributed by atoms with Crippen LogP contribution in [0.2, 0.25) is 5.02 Å². The molecule has 1 aromatic carbocycles. The fourth-order valence-electron chi connectivity index (χ4n) is 2.86. The molecule has 3 rings (SSSR count). The maximum Gasteiger partial charge on any atom is 0.271 e. The number of hydrazine groups is 1. The van der Waals surface area contributed by atoms with E-state index >= 15 is 0 Å². The molecule has 1 fully saturated rings. The van der Waals surface area contributed by atoms with Crippen LogP contribution in [0.25, 0.3) is 0 Å². The van der Waals surface area contributed by atoms with Gasteiger partial charge >= 0.3 is 0 Å². The zero-order valence-electron chi connectivity index (χ0n) is 13.9. The highest BCUT2D eigenvalue weighted by atomic mass is 35.5. The molecule has 1 aliphatic rings. The van der Waals surface area contributed by atoms with Crippen molar-refractivity contribution in [3.8, 4) is 0 Å². The Morgan fingerprint density at radius 2 is 1.92 bits per heavy atom. The number of nitrogens with one attached hydrogen (secondary N) is 2. The number of hydrogen-bond acceptors (Lipinski definition) is 4. The Labute approximate surface area is 160 Å². The molecule has 3 amide bonds. The number of nitrogens with zero attached hydrogens (tertiary/aromatic N) is 1. The van der Waals surface area contributed by atoms with Crippen molar-refractivity contribution in [2.75, 3.05) is 13.1 Å². The molecule has 1 atom stereocenters. The Hall–Kier alpha value is -2.38. The number of carbonyl (C=O) groups is 3. The second-order valence-electron chi connectivity index (χ2n) is 5.99. The zero-order valence-corrected chi connectivity index (χ0v) is 15.5. The van der Waals surface area contributed by atoms with Crippen LogP contribution in [-0.4, -0.2) is 35.7 Å². The molecule has 2 aromatic rings. The van der Waals surface area contributed by atoms with Crippen molar-refractivity contribution in [2.45, 2.75) is 12.8 Å². The summed E-state index contributed by atoms with van der Waals surface area (Å²) in [5.41, 5.74) is 5.11. The summed E-state index contributed by atoms with van der Waals surface area (Å²) >= 11 is 7.36. The van der Waals surface area contributed by atoms with Gasteiger partial charge in [0.2, 0.25) is 5.91 Å². The Morgan fingerprint density at radius 1 is 1.12 bits per heavy atom. The lowest BCUT2D eigenvalue weighted by Gasteiger charge is -2.31. The predicted octanol–water partition coefficient (Wildman–Crippen LogP) is 2.71. The van der Waals surface area contributed by atoms with Gasteiger partial charge in [-0.15, -0.1) is 11.3 Å². The van der Waals surface area contributed by atoms with Crippen LogP contribution >= 0.6 is 22.9 Å². The molecular weight excluding hydrogens is 374 g/mol. The summed E-state index contributed by atoms with van der Waals surface area (Å²) in [6.07, 6.45) is 1.41. The smallest absolute Gasteiger partial charge is 0.271 e. The average molecular weight is 392 g/mol. The van der Waals surface area contributed by atoms with Crippen LogP contribution in [0.4, 0.5) is 0 Å². The van der Waals surface area contributed by atoms with Crippen molar-refractivity contribution >= 4 is 40.7 Å². The van der Waals surface area contributed by atoms with Crippen molar-refractivity contribution in [2.24, 2.45) is 5.92 Å². The highest BCUT2D eigenvalue weighted by Gasteiger charge is 2.29. The molecule has 0 aliphatic carbocycles. The van der Waals surface area contributed by atoms with E-state index in [9.17, 15) is 14.4 Å². The summed E-state index contributed by atoms with van der Waals surface area (Å²) in [4.78, 5) is 39.3. The summed E-state index contributed by atoms with van der Waals surface area (Å²) < 4.78 is 0. The van der Waals surface area contributed by atoms with E-state index in [0.29, 0.717) is 29.4 Å². The van der Waals surface area contributed by atoms with Gasteiger partial charge < -0.3 is 4.90 Å². The van der Waals surface area contributed by atoms with Crippen molar-refractivity contribution in [1.29, 1.82) is 0 Å². The molecule has 136 valence electrons. The molecule has 1 aliphatic heterocycles. The lowest BCUT2D eigenvalue weighted by Crippen LogP contribution is -2.50. The van der Waals surface area contributed by atoms with E-state index in [1.807, 2.05) is 11.4 Å². The summed E-state index contributed by atoms with van der Waals surface area (Å²) in [5, 5.41) is 2.16. The van der Waals surface area contributed by atoms with E-state index in [-0.39, 0.29) is 23.3 Å². The lowest BCUT2D eigenvalue weighted by atomic mass is 9.97. The van der Waals surface area contributed by atoms with Crippen molar-refractivity contribution in [3.05, 3.63) is 57.2 Å². The zero-order chi connectivity index (χ0) is 18.5. The summed E-state index contributed by atoms with van der Waals surface area (Å²) in [5.74, 6) is -1.21. The number of thiophene rings is 1. The summed E-state index contributed by atoms with van der Waals surface area (Å²) in [6, 6.07) is 10.2. The molecule has 6 nitrogen and oxygen atoms in total. The standard InChI is InChI=1S/C18H18ClN3O3S/c19-14-7-2-1-6-13(14)17(24)21-20-16(23)12-5-3-9-22(11-12)18(25)15-8-4-10-26-15/h1-2,4,6-8,10,12H,3,5,9,11H2,(H,20,23)(H,21,24). The highest BCUT2D eigenvalue weighted by Crippen LogP contribution is 2.20. The largest absolute Gasteiger partial charge is 0.337 e. The molecule has 2 N–H and O–H groups in total. The number of rotatable bonds is 3. The third kappa shape index (κ3) is 4.23. The molecule has 26 heavy (non-hydrogen) atoms. The van der Waals surface area contributed by atoms with Crippen LogP contribution in [0.15, 0.2) is 41.8 Å². The summed E-state index contributed by atoms with van der Waals surface area (Å²) in [6.45, 7) is 0.969. The van der Waals surface area contributed by atoms with Gasteiger partial charge in [0, 0.05) is 13.1 Å². The number of carbonyl (C=O) groups excluding carboxylic acids is 3. The minimum absolute atomic E-state index is 0.0578. The van der Waals surface area contributed by atoms with Crippen LogP contribution in [0.3, 0.4) is 0 Å². The Kier molecular flexibility index (Phi) is 5.90. The predicted molar refractivity (Wildman–Crippen MR) is 100 cm³/mol. The first kappa shape index (κ1) is 18.4. The highest BCUT2D eigenvalue weighted by molar-refractivity contribution is 7.12. The quantitative estimate of drug-likeness (QED) is 0.789. The Morgan fingerprint density at radius 3 is 2.65 bits per heavy atom. The van der Waals surface area contributed by atoms with Gasteiger partial charge in [0.05, 0.1) is 21.4 Å². The number of halogens is 1. The molecule has 0 bridgehead atoms. The number of hydrogen-bond donors (Lipinski definition) is 2. The SMILES string of the molecule is O=C(NNC(=O)C1CCCN(C(=O)c2cccs2)C1)c1ccccc1Cl. The maximum atomic E-state index is 12.4. The van der Waals surface area contributed by atoms with Gasteiger partial charge in [-0.2, -0.15) is 0 Å². The van der Waals surface area contributed by atoms with Crippen LogP contribution < -0.4 is 10.9 Å². The van der Waals surface area contributed by atoms with E-state index in [1.165, 1.54) is 11.3 Å². The van der Waals surface area contributed by atoms with Crippen molar-refractivity contribution < 1.29 is 14.4 Å². The molecule has 0 spiro atoms. The fourth-order valence-corrected chi connectivity index (χ4v) is 3.78. The Bertz CT molecular complexity index is 810. The lowest BCUT2D eigenvalue weighted by molar-refractivity contribution is -0.127. The van der Waals surface area contributed by atoms with Crippen molar-refractivity contribution in [3.63, 3.8) is 0 Å². The van der Waals surface area contributed by atoms with E-state index in [4.69, 9.17) is 11.6 Å². The molecule has 1 unspecified atom stereocenters. The number of piperidine rings is 1. The van der Waals surface area contributed by atoms with Gasteiger partial charge in [-0.05, 0) is 36.4 Å². The topological polar surface area (TPSA) is 78.5 Å². The third-order valence-corrected chi connectivity index (χ3v) is 5.42. The van der Waals surface area contributed by atoms with E-state index in [1.54, 1.807) is 35.2 Å².